The van der Waals surface area contributed by atoms with Crippen molar-refractivity contribution < 1.29 is 4.79 Å². The Kier molecular flexibility index (Phi) is 0.870. The van der Waals surface area contributed by atoms with Crippen LogP contribution in [0.15, 0.2) is 15.2 Å². The summed E-state index contributed by atoms with van der Waals surface area (Å²) in [6, 6.07) is 0. The van der Waals surface area contributed by atoms with E-state index in [-0.39, 0.29) is 11.9 Å². The molecule has 0 aromatic carbocycles. The molecular formula is C2H2N6. The first kappa shape index (κ1) is 4.61. The van der Waals surface area contributed by atoms with Crippen LogP contribution in [0.4, 0.5) is 0 Å². The van der Waals surface area contributed by atoms with Crippen molar-refractivity contribution in [2.75, 3.05) is 0 Å². The van der Waals surface area contributed by atoms with Gasteiger partial charge in [0.2, 0.25) is 0 Å². The second kappa shape index (κ2) is 1.51. The lowest BCUT2D eigenvalue weighted by Gasteiger charge is -1.61. The Hall–Kier alpha value is -1.55. The molecular weight excluding hydrogens is 108 g/mol. The molecule has 2 N–H and O–H groups in total. The van der Waals surface area contributed by atoms with Crippen molar-refractivity contribution >= 4 is 11.9 Å². The van der Waals surface area contributed by atoms with Gasteiger partial charge in [-0.3, -0.25) is 0 Å². The third kappa shape index (κ3) is 0.593. The Labute approximate surface area is 44.4 Å². The predicted molar refractivity (Wildman–Crippen MR) is 25.1 cm³/mol. The molecule has 0 aliphatic carbocycles. The quantitative estimate of drug-likeness (QED) is 0.325. The van der Waals surface area contributed by atoms with Crippen molar-refractivity contribution in [2.45, 2.75) is 0 Å². The fraction of sp³-hybridized carbons (Fsp3) is 0. The summed E-state index contributed by atoms with van der Waals surface area (Å²) in [5.41, 5.74) is 13.0. The van der Waals surface area contributed by atoms with E-state index < -0.39 is 0 Å². The number of aliphatic imine (C=N–C) groups is 1. The molecule has 0 saturated carbocycles. The van der Waals surface area contributed by atoms with Crippen LogP contribution >= 0.6 is 0 Å². The number of nitrogens with zero attached hydrogens (tertiary/aromatic N) is 5. The lowest BCUT2D eigenvalue weighted by molar-refractivity contribution is -0.00828. The van der Waals surface area contributed by atoms with E-state index in [1.165, 1.54) is 0 Å². The van der Waals surface area contributed by atoms with Crippen molar-refractivity contribution in [2.24, 2.45) is 21.0 Å². The summed E-state index contributed by atoms with van der Waals surface area (Å²) in [7, 11) is 0. The van der Waals surface area contributed by atoms with E-state index in [1.54, 1.807) is 0 Å². The van der Waals surface area contributed by atoms with Gasteiger partial charge in [0.25, 0.3) is 0 Å². The topological polar surface area (TPSA) is 99.5 Å². The average molecular weight is 110 g/mol. The third-order valence-electron chi connectivity index (χ3n) is 0.546. The maximum absolute atomic E-state index is 7.96. The van der Waals surface area contributed by atoms with Gasteiger partial charge >= 0.3 is 11.9 Å². The van der Waals surface area contributed by atoms with Crippen LogP contribution in [-0.2, 0) is 0 Å². The molecule has 1 aliphatic heterocycles. The molecule has 1 aliphatic rings. The summed E-state index contributed by atoms with van der Waals surface area (Å²) in [4.78, 5) is 5.99. The molecule has 1 rings (SSSR count). The van der Waals surface area contributed by atoms with Crippen molar-refractivity contribution in [1.82, 2.24) is 0 Å². The lowest BCUT2D eigenvalue weighted by Crippen LogP contribution is -2.04. The molecule has 0 spiro atoms. The molecule has 0 saturated heterocycles. The van der Waals surface area contributed by atoms with Crippen molar-refractivity contribution in [3.05, 3.63) is 5.53 Å². The van der Waals surface area contributed by atoms with E-state index in [4.69, 9.17) is 11.3 Å². The summed E-state index contributed by atoms with van der Waals surface area (Å²) in [6.07, 6.45) is 0. The predicted octanol–water partition coefficient (Wildman–Crippen LogP) is -0.647. The molecule has 6 heteroatoms. The van der Waals surface area contributed by atoms with Crippen LogP contribution in [0.25, 0.3) is 5.53 Å². The standard InChI is InChI=1S/C2H2N6/c3-1-5-2(6-4)8-7-1/h(H2,3,5). The molecule has 0 unspecified atom stereocenters. The Balaban J connectivity index is 3.01. The molecule has 0 bridgehead atoms. The largest absolute Gasteiger partial charge is 0.542 e. The van der Waals surface area contributed by atoms with Gasteiger partial charge in [0.15, 0.2) is 0 Å². The highest BCUT2D eigenvalue weighted by atomic mass is 15.3. The van der Waals surface area contributed by atoms with Crippen LogP contribution in [-0.4, -0.2) is 16.7 Å². The fourth-order valence-corrected chi connectivity index (χ4v) is 0.285. The van der Waals surface area contributed by atoms with E-state index in [2.05, 4.69) is 20.0 Å². The van der Waals surface area contributed by atoms with Crippen LogP contribution in [0.1, 0.15) is 0 Å². The van der Waals surface area contributed by atoms with Gasteiger partial charge in [-0.15, -0.1) is 0 Å². The fourth-order valence-electron chi connectivity index (χ4n) is 0.285. The molecule has 40 valence electrons. The second-order valence-corrected chi connectivity index (χ2v) is 1.07. The normalized spacial score (nSPS) is 16.0. The highest BCUT2D eigenvalue weighted by Crippen LogP contribution is 1.89. The SMILES string of the molecule is [N-]=[N+]=C1N=NC(N)=N1. The van der Waals surface area contributed by atoms with Gasteiger partial charge in [-0.1, -0.05) is 0 Å². The van der Waals surface area contributed by atoms with Gasteiger partial charge < -0.3 is 16.1 Å². The Morgan fingerprint density at radius 1 is 1.50 bits per heavy atom. The van der Waals surface area contributed by atoms with Crippen LogP contribution in [0, 0.1) is 0 Å². The molecule has 0 atom stereocenters. The number of azo groups is 1. The molecule has 0 aromatic rings. The number of nitrogens with two attached hydrogens (primary N) is 1. The number of rotatable bonds is 0. The summed E-state index contributed by atoms with van der Waals surface area (Å²) >= 11 is 0. The highest BCUT2D eigenvalue weighted by molar-refractivity contribution is 5.96. The molecule has 0 radical (unpaired) electrons. The van der Waals surface area contributed by atoms with Crippen LogP contribution in [0.3, 0.4) is 0 Å². The molecule has 6 nitrogen and oxygen atoms in total. The van der Waals surface area contributed by atoms with Gasteiger partial charge in [0.1, 0.15) is 0 Å². The smallest absolute Gasteiger partial charge is 0.532 e. The van der Waals surface area contributed by atoms with Crippen molar-refractivity contribution in [3.8, 4) is 0 Å². The minimum atomic E-state index is -0.109. The first-order valence-electron chi connectivity index (χ1n) is 1.81. The summed E-state index contributed by atoms with van der Waals surface area (Å²) < 4.78 is 0. The number of guanidine groups is 2. The zero-order valence-electron chi connectivity index (χ0n) is 3.81. The van der Waals surface area contributed by atoms with E-state index in [0.717, 1.165) is 0 Å². The minimum Gasteiger partial charge on any atom is -0.542 e. The average Bonchev–Trinajstić information content (AvgIpc) is 2.14. The minimum absolute atomic E-state index is 0.0119. The van der Waals surface area contributed by atoms with Crippen LogP contribution < -0.4 is 5.73 Å². The zero-order chi connectivity index (χ0) is 5.98. The van der Waals surface area contributed by atoms with Gasteiger partial charge in [-0.05, 0) is 10.1 Å². The Bertz CT molecular complexity index is 205. The number of hydrogen-bond donors (Lipinski definition) is 1. The second-order valence-electron chi connectivity index (χ2n) is 1.07. The van der Waals surface area contributed by atoms with Gasteiger partial charge in [0, 0.05) is 0 Å². The Morgan fingerprint density at radius 2 is 2.25 bits per heavy atom. The van der Waals surface area contributed by atoms with Gasteiger partial charge in [-0.25, -0.2) is 0 Å². The molecule has 0 amide bonds. The summed E-state index contributed by atoms with van der Waals surface area (Å²) in [6.45, 7) is 0. The summed E-state index contributed by atoms with van der Waals surface area (Å²) in [5, 5.41) is 6.48. The molecule has 8 heavy (non-hydrogen) atoms. The Morgan fingerprint density at radius 3 is 2.50 bits per heavy atom. The van der Waals surface area contributed by atoms with Gasteiger partial charge in [-0.2, -0.15) is 0 Å². The first-order chi connectivity index (χ1) is 3.83. The zero-order valence-corrected chi connectivity index (χ0v) is 3.81. The lowest BCUT2D eigenvalue weighted by atomic mass is 11.0. The van der Waals surface area contributed by atoms with Crippen LogP contribution in [0.5, 0.6) is 0 Å². The van der Waals surface area contributed by atoms with E-state index >= 15 is 0 Å². The first-order valence-corrected chi connectivity index (χ1v) is 1.81. The maximum Gasteiger partial charge on any atom is 0.532 e. The molecule has 0 aromatic heterocycles. The highest BCUT2D eigenvalue weighted by Gasteiger charge is 2.15. The van der Waals surface area contributed by atoms with Crippen LogP contribution in [0.2, 0.25) is 0 Å². The van der Waals surface area contributed by atoms with E-state index in [9.17, 15) is 0 Å². The van der Waals surface area contributed by atoms with E-state index in [1.807, 2.05) is 0 Å². The maximum atomic E-state index is 7.96. The van der Waals surface area contributed by atoms with E-state index in [0.29, 0.717) is 0 Å². The molecule has 0 fully saturated rings. The monoisotopic (exact) mass is 110 g/mol. The van der Waals surface area contributed by atoms with Crippen molar-refractivity contribution in [3.63, 3.8) is 0 Å². The number of hydrogen-bond acceptors (Lipinski definition) is 2. The third-order valence-corrected chi connectivity index (χ3v) is 0.546. The van der Waals surface area contributed by atoms with Crippen molar-refractivity contribution in [1.29, 1.82) is 0 Å². The molecule has 1 heterocycles. The summed E-state index contributed by atoms with van der Waals surface area (Å²) in [5.74, 6) is -0.0969. The van der Waals surface area contributed by atoms with Gasteiger partial charge in [0.05, 0.1) is 5.11 Å².